The molecular weight excluding hydrogens is 328 g/mol. The van der Waals surface area contributed by atoms with Crippen LogP contribution in [0.15, 0.2) is 29.6 Å². The van der Waals surface area contributed by atoms with Gasteiger partial charge in [-0.25, -0.2) is 9.97 Å². The lowest BCUT2D eigenvalue weighted by Gasteiger charge is -2.11. The van der Waals surface area contributed by atoms with Crippen LogP contribution in [0.2, 0.25) is 0 Å². The minimum absolute atomic E-state index is 0.304. The molecule has 2 rings (SSSR count). The predicted molar refractivity (Wildman–Crippen MR) is 93.6 cm³/mol. The van der Waals surface area contributed by atoms with Crippen LogP contribution >= 0.6 is 11.8 Å². The van der Waals surface area contributed by atoms with E-state index in [9.17, 15) is 4.79 Å². The Kier molecular flexibility index (Phi) is 6.20. The molecule has 0 amide bonds. The maximum absolute atomic E-state index is 11.3. The first kappa shape index (κ1) is 17.8. The molecule has 2 aromatic rings. The summed E-state index contributed by atoms with van der Waals surface area (Å²) < 4.78 is 16.0. The summed E-state index contributed by atoms with van der Waals surface area (Å²) in [5.41, 5.74) is 1.62. The topological polar surface area (TPSA) is 70.5 Å². The molecule has 1 aromatic carbocycles. The van der Waals surface area contributed by atoms with Crippen LogP contribution in [0.1, 0.15) is 21.6 Å². The van der Waals surface area contributed by atoms with Gasteiger partial charge in [-0.3, -0.25) is 4.79 Å². The van der Waals surface area contributed by atoms with Crippen LogP contribution in [0.3, 0.4) is 0 Å². The third-order valence-corrected chi connectivity index (χ3v) is 3.82. The van der Waals surface area contributed by atoms with Gasteiger partial charge in [0.05, 0.1) is 21.3 Å². The monoisotopic (exact) mass is 346 g/mol. The highest BCUT2D eigenvalue weighted by atomic mass is 32.2. The van der Waals surface area contributed by atoms with Gasteiger partial charge in [0.2, 0.25) is 0 Å². The van der Waals surface area contributed by atoms with Crippen molar-refractivity contribution >= 4 is 29.9 Å². The Morgan fingerprint density at radius 2 is 1.79 bits per heavy atom. The minimum Gasteiger partial charge on any atom is -0.497 e. The second-order valence-electron chi connectivity index (χ2n) is 4.63. The summed E-state index contributed by atoms with van der Waals surface area (Å²) in [6.07, 6.45) is 5.86. The number of rotatable bonds is 7. The second kappa shape index (κ2) is 8.35. The van der Waals surface area contributed by atoms with E-state index in [1.165, 1.54) is 11.8 Å². The fraction of sp³-hybridized carbons (Fsp3) is 0.235. The fourth-order valence-corrected chi connectivity index (χ4v) is 2.39. The van der Waals surface area contributed by atoms with Crippen molar-refractivity contribution in [3.63, 3.8) is 0 Å². The molecule has 1 aromatic heterocycles. The maximum atomic E-state index is 11.3. The molecule has 0 atom stereocenters. The third kappa shape index (κ3) is 4.05. The zero-order valence-corrected chi connectivity index (χ0v) is 14.7. The quantitative estimate of drug-likeness (QED) is 0.330. The van der Waals surface area contributed by atoms with Gasteiger partial charge in [0, 0.05) is 23.4 Å². The van der Waals surface area contributed by atoms with E-state index in [0.29, 0.717) is 40.0 Å². The van der Waals surface area contributed by atoms with E-state index in [4.69, 9.17) is 14.2 Å². The zero-order chi connectivity index (χ0) is 17.5. The van der Waals surface area contributed by atoms with E-state index in [1.807, 2.05) is 18.4 Å². The predicted octanol–water partition coefficient (Wildman–Crippen LogP) is 3.17. The molecule has 0 aliphatic carbocycles. The van der Waals surface area contributed by atoms with E-state index in [-0.39, 0.29) is 0 Å². The number of hydrogen-bond donors (Lipinski definition) is 0. The van der Waals surface area contributed by atoms with Gasteiger partial charge in [-0.2, -0.15) is 0 Å². The van der Waals surface area contributed by atoms with Crippen molar-refractivity contribution in [2.45, 2.75) is 5.16 Å². The number of benzene rings is 1. The molecule has 1 heterocycles. The van der Waals surface area contributed by atoms with Crippen molar-refractivity contribution in [2.24, 2.45) is 0 Å². The SMILES string of the molecule is CO/C(=C\c1cnc(SC)nc1C=O)c1cc(OC)cc(OC)c1. The number of aldehydes is 1. The number of carbonyl (C=O) groups excluding carboxylic acids is 1. The summed E-state index contributed by atoms with van der Waals surface area (Å²) in [5.74, 6) is 1.81. The van der Waals surface area contributed by atoms with Gasteiger partial charge in [0.1, 0.15) is 23.0 Å². The number of nitrogens with zero attached hydrogens (tertiary/aromatic N) is 2. The van der Waals surface area contributed by atoms with E-state index in [2.05, 4.69) is 9.97 Å². The molecule has 126 valence electrons. The second-order valence-corrected chi connectivity index (χ2v) is 5.40. The summed E-state index contributed by atoms with van der Waals surface area (Å²) in [5, 5.41) is 0.538. The number of thioether (sulfide) groups is 1. The molecule has 0 aliphatic rings. The van der Waals surface area contributed by atoms with Gasteiger partial charge < -0.3 is 14.2 Å². The molecule has 0 fully saturated rings. The molecule has 0 saturated carbocycles. The molecule has 0 spiro atoms. The lowest BCUT2D eigenvalue weighted by Crippen LogP contribution is -1.98. The van der Waals surface area contributed by atoms with Gasteiger partial charge in [0.25, 0.3) is 0 Å². The third-order valence-electron chi connectivity index (χ3n) is 3.26. The Bertz CT molecular complexity index is 740. The van der Waals surface area contributed by atoms with Crippen LogP contribution < -0.4 is 9.47 Å². The van der Waals surface area contributed by atoms with Gasteiger partial charge in [-0.05, 0) is 24.5 Å². The van der Waals surface area contributed by atoms with E-state index in [1.54, 1.807) is 39.7 Å². The molecule has 0 aliphatic heterocycles. The normalized spacial score (nSPS) is 11.1. The van der Waals surface area contributed by atoms with Crippen molar-refractivity contribution in [3.8, 4) is 11.5 Å². The summed E-state index contributed by atoms with van der Waals surface area (Å²) >= 11 is 1.37. The highest BCUT2D eigenvalue weighted by Crippen LogP contribution is 2.29. The van der Waals surface area contributed by atoms with Crippen LogP contribution in [0.4, 0.5) is 0 Å². The van der Waals surface area contributed by atoms with Gasteiger partial charge >= 0.3 is 0 Å². The number of methoxy groups -OCH3 is 3. The lowest BCUT2D eigenvalue weighted by molar-refractivity contribution is 0.111. The van der Waals surface area contributed by atoms with E-state index >= 15 is 0 Å². The van der Waals surface area contributed by atoms with Gasteiger partial charge in [-0.1, -0.05) is 11.8 Å². The highest BCUT2D eigenvalue weighted by molar-refractivity contribution is 7.98. The number of hydrogen-bond acceptors (Lipinski definition) is 7. The first-order valence-corrected chi connectivity index (χ1v) is 8.23. The lowest BCUT2D eigenvalue weighted by atomic mass is 10.1. The largest absolute Gasteiger partial charge is 0.497 e. The van der Waals surface area contributed by atoms with Crippen molar-refractivity contribution in [1.29, 1.82) is 0 Å². The van der Waals surface area contributed by atoms with Crippen molar-refractivity contribution < 1.29 is 19.0 Å². The van der Waals surface area contributed by atoms with E-state index < -0.39 is 0 Å². The van der Waals surface area contributed by atoms with Gasteiger partial charge in [0.15, 0.2) is 11.4 Å². The van der Waals surface area contributed by atoms with E-state index in [0.717, 1.165) is 5.56 Å². The number of ether oxygens (including phenoxy) is 3. The average Bonchev–Trinajstić information content (AvgIpc) is 2.65. The molecule has 0 unspecified atom stereocenters. The van der Waals surface area contributed by atoms with Gasteiger partial charge in [-0.15, -0.1) is 0 Å². The molecule has 0 bridgehead atoms. The molecule has 6 nitrogen and oxygen atoms in total. The Morgan fingerprint density at radius 3 is 2.29 bits per heavy atom. The van der Waals surface area contributed by atoms with Crippen molar-refractivity contribution in [3.05, 3.63) is 41.2 Å². The summed E-state index contributed by atoms with van der Waals surface area (Å²) in [4.78, 5) is 19.7. The maximum Gasteiger partial charge on any atom is 0.187 e. The number of carbonyl (C=O) groups is 1. The Balaban J connectivity index is 2.52. The van der Waals surface area contributed by atoms with Crippen LogP contribution in [0.25, 0.3) is 11.8 Å². The molecule has 0 radical (unpaired) electrons. The molecule has 0 saturated heterocycles. The molecular formula is C17H18N2O4S. The van der Waals surface area contributed by atoms with Crippen LogP contribution in [-0.2, 0) is 4.74 Å². The van der Waals surface area contributed by atoms with Crippen LogP contribution in [-0.4, -0.2) is 43.8 Å². The van der Waals surface area contributed by atoms with Crippen LogP contribution in [0, 0.1) is 0 Å². The fourth-order valence-electron chi connectivity index (χ4n) is 2.04. The summed E-state index contributed by atoms with van der Waals surface area (Å²) in [6, 6.07) is 5.40. The van der Waals surface area contributed by atoms with Crippen molar-refractivity contribution in [2.75, 3.05) is 27.6 Å². The smallest absolute Gasteiger partial charge is 0.187 e. The molecule has 24 heavy (non-hydrogen) atoms. The summed E-state index contributed by atoms with van der Waals surface area (Å²) in [7, 11) is 4.71. The van der Waals surface area contributed by atoms with Crippen LogP contribution in [0.5, 0.6) is 11.5 Å². The average molecular weight is 346 g/mol. The Labute approximate surface area is 144 Å². The number of aromatic nitrogens is 2. The first-order valence-electron chi connectivity index (χ1n) is 7.00. The minimum atomic E-state index is 0.304. The first-order chi connectivity index (χ1) is 11.6. The highest BCUT2D eigenvalue weighted by Gasteiger charge is 2.10. The standard InChI is InChI=1S/C17H18N2O4S/c1-21-13-5-11(6-14(8-13)22-2)16(23-3)7-12-9-18-17(24-4)19-15(12)10-20/h5-10H,1-4H3/b16-7-. The molecule has 0 N–H and O–H groups in total. The zero-order valence-electron chi connectivity index (χ0n) is 13.9. The van der Waals surface area contributed by atoms with Crippen molar-refractivity contribution in [1.82, 2.24) is 9.97 Å². The molecule has 7 heteroatoms. The Morgan fingerprint density at radius 1 is 1.12 bits per heavy atom. The summed E-state index contributed by atoms with van der Waals surface area (Å²) in [6.45, 7) is 0. The Hall–Kier alpha value is -2.54.